The van der Waals surface area contributed by atoms with E-state index in [0.29, 0.717) is 54.5 Å². The molecule has 218 valence electrons. The van der Waals surface area contributed by atoms with Crippen LogP contribution in [-0.4, -0.2) is 45.1 Å². The average Bonchev–Trinajstić information content (AvgIpc) is 2.87. The van der Waals surface area contributed by atoms with Crippen LogP contribution in [0.5, 0.6) is 5.75 Å². The Morgan fingerprint density at radius 1 is 0.878 bits per heavy atom. The molecule has 2 aromatic rings. The van der Waals surface area contributed by atoms with Gasteiger partial charge in [0.15, 0.2) is 17.3 Å². The first kappa shape index (κ1) is 29.7. The fraction of sp³-hybridized carbons (Fsp3) is 0.438. The second-order valence-corrected chi connectivity index (χ2v) is 15.1. The maximum absolute atomic E-state index is 13.9. The number of hydrogen-bond donors (Lipinski definition) is 0. The highest BCUT2D eigenvalue weighted by Gasteiger charge is 2.49. The maximum Gasteiger partial charge on any atom is 0.339 e. The van der Waals surface area contributed by atoms with Crippen LogP contribution >= 0.6 is 15.9 Å². The fourth-order valence-electron chi connectivity index (χ4n) is 6.35. The molecule has 2 aromatic carbocycles. The van der Waals surface area contributed by atoms with Gasteiger partial charge in [-0.15, -0.1) is 0 Å². The molecule has 7 nitrogen and oxygen atoms in total. The zero-order valence-electron chi connectivity index (χ0n) is 24.1. The van der Waals surface area contributed by atoms with Crippen LogP contribution in [0.1, 0.15) is 64.9 Å². The number of halogens is 1. The number of allylic oxidation sites excluding steroid dienone is 4. The van der Waals surface area contributed by atoms with Gasteiger partial charge in [0.1, 0.15) is 4.90 Å². The van der Waals surface area contributed by atoms with Crippen molar-refractivity contribution in [2.75, 3.05) is 20.3 Å². The van der Waals surface area contributed by atoms with Crippen LogP contribution in [0, 0.1) is 10.8 Å². The number of benzene rings is 2. The van der Waals surface area contributed by atoms with Crippen molar-refractivity contribution in [2.24, 2.45) is 10.8 Å². The standard InChI is InChI=1S/C32H36BrNO6S/c1-31(2)16-23-29(25(35)18-31)28(30-24(34(23)13-14-39-5)17-32(3,4)19-26(30)36)20-11-12-27(22(33)15-20)40-41(37,38)21-9-7-6-8-10-21/h6-12,15,28H,13-14,16-19H2,1-5H3. The quantitative estimate of drug-likeness (QED) is 0.317. The third kappa shape index (κ3) is 5.81. The Morgan fingerprint density at radius 2 is 1.44 bits per heavy atom. The maximum atomic E-state index is 13.9. The molecule has 0 fully saturated rings. The van der Waals surface area contributed by atoms with Gasteiger partial charge in [0, 0.05) is 55.0 Å². The summed E-state index contributed by atoms with van der Waals surface area (Å²) in [5, 5.41) is 0. The van der Waals surface area contributed by atoms with Crippen molar-refractivity contribution in [3.8, 4) is 5.75 Å². The Bertz CT molecular complexity index is 1520. The third-order valence-electron chi connectivity index (χ3n) is 8.06. The highest BCUT2D eigenvalue weighted by Crippen LogP contribution is 2.54. The number of ketones is 2. The van der Waals surface area contributed by atoms with Gasteiger partial charge in [-0.25, -0.2) is 0 Å². The van der Waals surface area contributed by atoms with E-state index >= 15 is 0 Å². The lowest BCUT2D eigenvalue weighted by Gasteiger charge is -2.49. The summed E-state index contributed by atoms with van der Waals surface area (Å²) in [7, 11) is -2.39. The van der Waals surface area contributed by atoms with Crippen molar-refractivity contribution in [2.45, 2.75) is 64.2 Å². The zero-order valence-corrected chi connectivity index (χ0v) is 26.5. The highest BCUT2D eigenvalue weighted by atomic mass is 79.9. The van der Waals surface area contributed by atoms with E-state index in [4.69, 9.17) is 8.92 Å². The number of carbonyl (C=O) groups excluding carboxylic acids is 2. The summed E-state index contributed by atoms with van der Waals surface area (Å²) >= 11 is 3.51. The molecule has 1 aliphatic heterocycles. The lowest BCUT2D eigenvalue weighted by atomic mass is 9.63. The van der Waals surface area contributed by atoms with Crippen LogP contribution in [-0.2, 0) is 24.4 Å². The minimum Gasteiger partial charge on any atom is -0.383 e. The molecular formula is C32H36BrNO6S. The van der Waals surface area contributed by atoms with E-state index in [-0.39, 0.29) is 33.0 Å². The SMILES string of the molecule is COCCN1C2=C(C(=O)CC(C)(C)C2)C(c2ccc(OS(=O)(=O)c3ccccc3)c(Br)c2)C2=C1CC(C)(C)CC2=O. The summed E-state index contributed by atoms with van der Waals surface area (Å²) in [5.41, 5.74) is 3.54. The molecule has 3 aliphatic rings. The van der Waals surface area contributed by atoms with Crippen LogP contribution in [0.4, 0.5) is 0 Å². The van der Waals surface area contributed by atoms with E-state index < -0.39 is 16.0 Å². The molecule has 2 aliphatic carbocycles. The van der Waals surface area contributed by atoms with E-state index in [0.717, 1.165) is 17.0 Å². The summed E-state index contributed by atoms with van der Waals surface area (Å²) in [6.45, 7) is 9.44. The van der Waals surface area contributed by atoms with Crippen LogP contribution in [0.2, 0.25) is 0 Å². The van der Waals surface area contributed by atoms with Crippen LogP contribution in [0.3, 0.4) is 0 Å². The van der Waals surface area contributed by atoms with Crippen molar-refractivity contribution in [1.82, 2.24) is 4.90 Å². The largest absolute Gasteiger partial charge is 0.383 e. The molecular weight excluding hydrogens is 606 g/mol. The lowest BCUT2D eigenvalue weighted by molar-refractivity contribution is -0.119. The Labute approximate surface area is 250 Å². The van der Waals surface area contributed by atoms with E-state index in [1.165, 1.54) is 12.1 Å². The van der Waals surface area contributed by atoms with Gasteiger partial charge in [-0.2, -0.15) is 8.42 Å². The Kier molecular flexibility index (Phi) is 7.85. The monoisotopic (exact) mass is 641 g/mol. The molecule has 0 atom stereocenters. The van der Waals surface area contributed by atoms with Crippen LogP contribution in [0.25, 0.3) is 0 Å². The number of Topliss-reactive ketones (excluding diaryl/α,β-unsaturated/α-hetero) is 2. The minimum absolute atomic E-state index is 0.0379. The average molecular weight is 643 g/mol. The molecule has 5 rings (SSSR count). The van der Waals surface area contributed by atoms with E-state index in [9.17, 15) is 18.0 Å². The molecule has 9 heteroatoms. The first-order valence-electron chi connectivity index (χ1n) is 13.8. The molecule has 41 heavy (non-hydrogen) atoms. The molecule has 0 amide bonds. The van der Waals surface area contributed by atoms with Gasteiger partial charge < -0.3 is 13.8 Å². The predicted octanol–water partition coefficient (Wildman–Crippen LogP) is 6.55. The third-order valence-corrected chi connectivity index (χ3v) is 9.93. The van der Waals surface area contributed by atoms with Crippen molar-refractivity contribution < 1.29 is 26.9 Å². The molecule has 0 aromatic heterocycles. The lowest BCUT2D eigenvalue weighted by Crippen LogP contribution is -2.45. The van der Waals surface area contributed by atoms with Gasteiger partial charge in [-0.05, 0) is 69.4 Å². The van der Waals surface area contributed by atoms with Crippen molar-refractivity contribution in [3.63, 3.8) is 0 Å². The molecule has 0 spiro atoms. The Morgan fingerprint density at radius 3 is 1.95 bits per heavy atom. The second-order valence-electron chi connectivity index (χ2n) is 12.7. The molecule has 0 radical (unpaired) electrons. The predicted molar refractivity (Wildman–Crippen MR) is 160 cm³/mol. The van der Waals surface area contributed by atoms with Gasteiger partial charge in [0.2, 0.25) is 0 Å². The number of ether oxygens (including phenoxy) is 1. The molecule has 0 saturated heterocycles. The summed E-state index contributed by atoms with van der Waals surface area (Å²) in [6, 6.07) is 13.1. The van der Waals surface area contributed by atoms with Crippen LogP contribution < -0.4 is 4.18 Å². The molecule has 0 saturated carbocycles. The number of methoxy groups -OCH3 is 1. The molecule has 0 N–H and O–H groups in total. The summed E-state index contributed by atoms with van der Waals surface area (Å²) in [4.78, 5) is 30.0. The van der Waals surface area contributed by atoms with Crippen LogP contribution in [0.15, 0.2) is 80.4 Å². The number of rotatable bonds is 7. The number of carbonyl (C=O) groups is 2. The van der Waals surface area contributed by atoms with Gasteiger partial charge in [-0.3, -0.25) is 9.59 Å². The number of hydrogen-bond acceptors (Lipinski definition) is 7. The first-order valence-corrected chi connectivity index (χ1v) is 16.0. The minimum atomic E-state index is -4.05. The number of nitrogens with zero attached hydrogens (tertiary/aromatic N) is 1. The summed E-state index contributed by atoms with van der Waals surface area (Å²) in [6.07, 6.45) is 2.19. The highest BCUT2D eigenvalue weighted by molar-refractivity contribution is 9.10. The van der Waals surface area contributed by atoms with Gasteiger partial charge in [-0.1, -0.05) is 52.0 Å². The second kappa shape index (κ2) is 10.8. The normalized spacial score (nSPS) is 20.7. The molecule has 0 bridgehead atoms. The summed E-state index contributed by atoms with van der Waals surface area (Å²) < 4.78 is 37.1. The fourth-order valence-corrected chi connectivity index (χ4v) is 7.90. The van der Waals surface area contributed by atoms with Gasteiger partial charge in [0.25, 0.3) is 0 Å². The van der Waals surface area contributed by atoms with Gasteiger partial charge >= 0.3 is 10.1 Å². The molecule has 1 heterocycles. The summed E-state index contributed by atoms with van der Waals surface area (Å²) in [5.74, 6) is -0.334. The topological polar surface area (TPSA) is 90.0 Å². The smallest absolute Gasteiger partial charge is 0.339 e. The van der Waals surface area contributed by atoms with Crippen molar-refractivity contribution in [3.05, 3.63) is 81.1 Å². The Hall–Kier alpha value is -2.75. The first-order chi connectivity index (χ1) is 19.2. The van der Waals surface area contributed by atoms with Crippen molar-refractivity contribution in [1.29, 1.82) is 0 Å². The van der Waals surface area contributed by atoms with Gasteiger partial charge in [0.05, 0.1) is 11.1 Å². The van der Waals surface area contributed by atoms with E-state index in [2.05, 4.69) is 48.5 Å². The van der Waals surface area contributed by atoms with E-state index in [1.54, 1.807) is 43.5 Å². The Balaban J connectivity index is 1.64. The zero-order chi connectivity index (χ0) is 29.7. The van der Waals surface area contributed by atoms with Crippen molar-refractivity contribution >= 4 is 37.6 Å². The molecule has 0 unspecified atom stereocenters. The van der Waals surface area contributed by atoms with E-state index in [1.807, 2.05) is 0 Å².